The second-order valence-corrected chi connectivity index (χ2v) is 4.52. The Kier molecular flexibility index (Phi) is 4.69. The average molecular weight is 241 g/mol. The summed E-state index contributed by atoms with van der Waals surface area (Å²) in [6.07, 6.45) is 2.32. The molecule has 0 aliphatic heterocycles. The average Bonchev–Trinajstić information content (AvgIpc) is 2.69. The second-order valence-electron chi connectivity index (χ2n) is 4.52. The molecule has 0 bridgehead atoms. The minimum Gasteiger partial charge on any atom is -0.478 e. The number of carboxylic acids is 1. The van der Waals surface area contributed by atoms with Crippen molar-refractivity contribution in [1.29, 1.82) is 0 Å². The van der Waals surface area contributed by atoms with Gasteiger partial charge in [0.1, 0.15) is 0 Å². The van der Waals surface area contributed by atoms with E-state index in [4.69, 9.17) is 5.11 Å². The van der Waals surface area contributed by atoms with Crippen LogP contribution in [0.1, 0.15) is 33.1 Å². The van der Waals surface area contributed by atoms with Gasteiger partial charge in [-0.25, -0.2) is 4.79 Å². The third kappa shape index (κ3) is 3.56. The van der Waals surface area contributed by atoms with Gasteiger partial charge in [-0.15, -0.1) is 0 Å². The van der Waals surface area contributed by atoms with Crippen LogP contribution in [0.25, 0.3) is 0 Å². The van der Waals surface area contributed by atoms with E-state index in [2.05, 4.69) is 5.32 Å². The number of carbonyl (C=O) groups is 2. The molecule has 0 radical (unpaired) electrons. The first kappa shape index (κ1) is 13.7. The molecule has 0 aromatic rings. The van der Waals surface area contributed by atoms with E-state index in [1.54, 1.807) is 0 Å². The quantitative estimate of drug-likeness (QED) is 0.632. The Morgan fingerprint density at radius 1 is 1.24 bits per heavy atom. The molecular formula is C12H19NO4. The summed E-state index contributed by atoms with van der Waals surface area (Å²) >= 11 is 0. The largest absolute Gasteiger partial charge is 0.478 e. The minimum absolute atomic E-state index is 0.0504. The van der Waals surface area contributed by atoms with Gasteiger partial charge in [-0.2, -0.15) is 0 Å². The number of aliphatic hydroxyl groups excluding tert-OH is 1. The first-order valence-corrected chi connectivity index (χ1v) is 5.80. The van der Waals surface area contributed by atoms with Crippen LogP contribution in [0.2, 0.25) is 0 Å². The van der Waals surface area contributed by atoms with Gasteiger partial charge in [-0.05, 0) is 26.7 Å². The van der Waals surface area contributed by atoms with E-state index in [-0.39, 0.29) is 29.1 Å². The van der Waals surface area contributed by atoms with Gasteiger partial charge in [-0.1, -0.05) is 6.42 Å². The number of aliphatic hydroxyl groups is 1. The van der Waals surface area contributed by atoms with Gasteiger partial charge in [0.25, 0.3) is 0 Å². The molecule has 2 atom stereocenters. The van der Waals surface area contributed by atoms with Gasteiger partial charge < -0.3 is 15.5 Å². The van der Waals surface area contributed by atoms with Gasteiger partial charge in [0.05, 0.1) is 6.10 Å². The number of nitrogens with one attached hydrogen (secondary N) is 1. The SMILES string of the molecule is CC(C(=O)O)=C(C)C(=O)NCC1CCCC1O. The molecule has 1 fully saturated rings. The molecule has 2 unspecified atom stereocenters. The smallest absolute Gasteiger partial charge is 0.331 e. The Hall–Kier alpha value is -1.36. The molecule has 5 heteroatoms. The molecule has 5 nitrogen and oxygen atoms in total. The Bertz CT molecular complexity index is 348. The molecule has 1 amide bonds. The van der Waals surface area contributed by atoms with Crippen LogP contribution < -0.4 is 5.32 Å². The van der Waals surface area contributed by atoms with Gasteiger partial charge in [-0.3, -0.25) is 4.79 Å². The van der Waals surface area contributed by atoms with Crippen molar-refractivity contribution in [3.05, 3.63) is 11.1 Å². The van der Waals surface area contributed by atoms with E-state index in [0.29, 0.717) is 6.54 Å². The Labute approximate surface area is 101 Å². The fourth-order valence-electron chi connectivity index (χ4n) is 1.94. The Balaban J connectivity index is 2.50. The van der Waals surface area contributed by atoms with Gasteiger partial charge in [0, 0.05) is 23.6 Å². The number of carboxylic acid groups (broad SMARTS) is 1. The van der Waals surface area contributed by atoms with Crippen molar-refractivity contribution in [1.82, 2.24) is 5.32 Å². The lowest BCUT2D eigenvalue weighted by molar-refractivity contribution is -0.133. The summed E-state index contributed by atoms with van der Waals surface area (Å²) in [6.45, 7) is 3.30. The molecule has 1 saturated carbocycles. The van der Waals surface area contributed by atoms with Crippen LogP contribution in [0.15, 0.2) is 11.1 Å². The molecule has 17 heavy (non-hydrogen) atoms. The summed E-state index contributed by atoms with van der Waals surface area (Å²) in [7, 11) is 0. The highest BCUT2D eigenvalue weighted by Crippen LogP contribution is 2.24. The zero-order valence-electron chi connectivity index (χ0n) is 10.2. The third-order valence-electron chi connectivity index (χ3n) is 3.37. The first-order chi connectivity index (χ1) is 7.93. The third-order valence-corrected chi connectivity index (χ3v) is 3.37. The normalized spacial score (nSPS) is 25.4. The van der Waals surface area contributed by atoms with Gasteiger partial charge >= 0.3 is 5.97 Å². The number of aliphatic carboxylic acids is 1. The van der Waals surface area contributed by atoms with E-state index < -0.39 is 5.97 Å². The summed E-state index contributed by atoms with van der Waals surface area (Å²) in [6, 6.07) is 0. The van der Waals surface area contributed by atoms with Crippen LogP contribution in [0.3, 0.4) is 0 Å². The highest BCUT2D eigenvalue weighted by Gasteiger charge is 2.25. The van der Waals surface area contributed by atoms with Gasteiger partial charge in [0.2, 0.25) is 5.91 Å². The lowest BCUT2D eigenvalue weighted by Crippen LogP contribution is -2.33. The molecule has 0 spiro atoms. The van der Waals surface area contributed by atoms with Crippen LogP contribution in [-0.4, -0.2) is 34.7 Å². The van der Waals surface area contributed by atoms with Crippen LogP contribution in [-0.2, 0) is 9.59 Å². The number of hydrogen-bond acceptors (Lipinski definition) is 3. The van der Waals surface area contributed by atoms with Crippen molar-refractivity contribution in [3.63, 3.8) is 0 Å². The van der Waals surface area contributed by atoms with Crippen molar-refractivity contribution >= 4 is 11.9 Å². The molecule has 1 aliphatic carbocycles. The van der Waals surface area contributed by atoms with Crippen LogP contribution >= 0.6 is 0 Å². The molecule has 0 saturated heterocycles. The fourth-order valence-corrected chi connectivity index (χ4v) is 1.94. The summed E-state index contributed by atoms with van der Waals surface area (Å²) in [4.78, 5) is 22.3. The molecule has 0 aromatic heterocycles. The number of hydrogen-bond donors (Lipinski definition) is 3. The zero-order valence-corrected chi connectivity index (χ0v) is 10.2. The predicted octanol–water partition coefficient (Wildman–Crippen LogP) is 0.685. The van der Waals surface area contributed by atoms with Crippen molar-refractivity contribution < 1.29 is 19.8 Å². The van der Waals surface area contributed by atoms with E-state index in [0.717, 1.165) is 19.3 Å². The Morgan fingerprint density at radius 3 is 2.35 bits per heavy atom. The minimum atomic E-state index is -1.08. The van der Waals surface area contributed by atoms with E-state index in [1.165, 1.54) is 13.8 Å². The molecule has 1 aliphatic rings. The lowest BCUT2D eigenvalue weighted by Gasteiger charge is -2.15. The summed E-state index contributed by atoms with van der Waals surface area (Å²) in [5, 5.41) is 21.0. The highest BCUT2D eigenvalue weighted by molar-refractivity contribution is 6.01. The molecule has 3 N–H and O–H groups in total. The first-order valence-electron chi connectivity index (χ1n) is 5.80. The maximum atomic E-state index is 11.6. The fraction of sp³-hybridized carbons (Fsp3) is 0.667. The van der Waals surface area contributed by atoms with Crippen molar-refractivity contribution in [3.8, 4) is 0 Å². The molecule has 0 heterocycles. The van der Waals surface area contributed by atoms with Crippen LogP contribution in [0.4, 0.5) is 0 Å². The van der Waals surface area contributed by atoms with Crippen LogP contribution in [0.5, 0.6) is 0 Å². The van der Waals surface area contributed by atoms with Crippen molar-refractivity contribution in [2.45, 2.75) is 39.2 Å². The molecule has 1 rings (SSSR count). The topological polar surface area (TPSA) is 86.6 Å². The highest BCUT2D eigenvalue weighted by atomic mass is 16.4. The molecule has 0 aromatic carbocycles. The summed E-state index contributed by atoms with van der Waals surface area (Å²) in [5.74, 6) is -1.36. The maximum Gasteiger partial charge on any atom is 0.331 e. The number of rotatable bonds is 4. The second kappa shape index (κ2) is 5.82. The van der Waals surface area contributed by atoms with E-state index in [1.807, 2.05) is 0 Å². The standard InChI is InChI=1S/C12H19NO4/c1-7(8(2)12(16)17)11(15)13-6-9-4-3-5-10(9)14/h9-10,14H,3-6H2,1-2H3,(H,13,15)(H,16,17). The molecule has 96 valence electrons. The van der Waals surface area contributed by atoms with Crippen molar-refractivity contribution in [2.75, 3.05) is 6.54 Å². The maximum absolute atomic E-state index is 11.6. The number of amides is 1. The van der Waals surface area contributed by atoms with E-state index >= 15 is 0 Å². The van der Waals surface area contributed by atoms with Crippen molar-refractivity contribution in [2.24, 2.45) is 5.92 Å². The summed E-state index contributed by atoms with van der Waals surface area (Å²) in [5.41, 5.74) is 0.263. The number of carbonyl (C=O) groups excluding carboxylic acids is 1. The summed E-state index contributed by atoms with van der Waals surface area (Å²) < 4.78 is 0. The van der Waals surface area contributed by atoms with Gasteiger partial charge in [0.15, 0.2) is 0 Å². The zero-order chi connectivity index (χ0) is 13.0. The lowest BCUT2D eigenvalue weighted by atomic mass is 10.1. The monoisotopic (exact) mass is 241 g/mol. The van der Waals surface area contributed by atoms with E-state index in [9.17, 15) is 14.7 Å². The predicted molar refractivity (Wildman–Crippen MR) is 62.4 cm³/mol. The molecular weight excluding hydrogens is 222 g/mol. The van der Waals surface area contributed by atoms with Crippen LogP contribution in [0, 0.1) is 5.92 Å². The Morgan fingerprint density at radius 2 is 1.88 bits per heavy atom.